The molecule has 0 radical (unpaired) electrons. The molecule has 1 aliphatic carbocycles. The summed E-state index contributed by atoms with van der Waals surface area (Å²) in [5, 5.41) is 3.14. The Bertz CT molecular complexity index is 547. The molecule has 1 aromatic rings. The summed E-state index contributed by atoms with van der Waals surface area (Å²) in [5.74, 6) is 0.304. The van der Waals surface area contributed by atoms with Gasteiger partial charge in [0.15, 0.2) is 0 Å². The third-order valence-electron chi connectivity index (χ3n) is 4.31. The number of carbonyl (C=O) groups is 1. The highest BCUT2D eigenvalue weighted by molar-refractivity contribution is 7.97. The van der Waals surface area contributed by atoms with Gasteiger partial charge in [-0.3, -0.25) is 4.79 Å². The van der Waals surface area contributed by atoms with E-state index in [2.05, 4.69) is 17.0 Å². The maximum absolute atomic E-state index is 13.6. The van der Waals surface area contributed by atoms with Crippen molar-refractivity contribution in [2.45, 2.75) is 63.4 Å². The average Bonchev–Trinajstić information content (AvgIpc) is 2.86. The summed E-state index contributed by atoms with van der Waals surface area (Å²) in [4.78, 5) is 13.2. The number of hydrogen-bond donors (Lipinski definition) is 2. The van der Waals surface area contributed by atoms with E-state index >= 15 is 0 Å². The van der Waals surface area contributed by atoms with Crippen LogP contribution in [0.4, 0.5) is 4.39 Å². The molecule has 2 N–H and O–H groups in total. The lowest BCUT2D eigenvalue weighted by molar-refractivity contribution is -0.126. The highest BCUT2D eigenvalue weighted by Crippen LogP contribution is 2.26. The van der Waals surface area contributed by atoms with Crippen molar-refractivity contribution in [2.24, 2.45) is 5.92 Å². The van der Waals surface area contributed by atoms with Crippen LogP contribution in [0, 0.1) is 18.7 Å². The molecule has 0 saturated heterocycles. The molecule has 3 nitrogen and oxygen atoms in total. The van der Waals surface area contributed by atoms with Crippen LogP contribution < -0.4 is 10.0 Å². The minimum absolute atomic E-state index is 0.00802. The zero-order valence-electron chi connectivity index (χ0n) is 13.7. The number of rotatable bonds is 5. The van der Waals surface area contributed by atoms with E-state index in [0.29, 0.717) is 11.5 Å². The molecule has 0 heterocycles. The van der Waals surface area contributed by atoms with E-state index in [1.165, 1.54) is 30.9 Å². The van der Waals surface area contributed by atoms with Crippen LogP contribution in [0.2, 0.25) is 0 Å². The van der Waals surface area contributed by atoms with E-state index in [1.54, 1.807) is 13.0 Å². The van der Waals surface area contributed by atoms with Gasteiger partial charge < -0.3 is 5.32 Å². The van der Waals surface area contributed by atoms with Crippen LogP contribution in [-0.2, 0) is 4.79 Å². The SMILES string of the molecule is Cc1ccc(SNC(C)(C)C(=O)NC2CCCC2C)cc1F. The monoisotopic (exact) mass is 324 g/mol. The third-order valence-corrected chi connectivity index (χ3v) is 5.41. The molecule has 1 fully saturated rings. The van der Waals surface area contributed by atoms with Crippen molar-refractivity contribution in [1.82, 2.24) is 10.0 Å². The number of halogens is 1. The van der Waals surface area contributed by atoms with Crippen LogP contribution in [0.5, 0.6) is 0 Å². The van der Waals surface area contributed by atoms with Crippen LogP contribution in [0.25, 0.3) is 0 Å². The Morgan fingerprint density at radius 2 is 2.09 bits per heavy atom. The zero-order chi connectivity index (χ0) is 16.3. The number of hydrogen-bond acceptors (Lipinski definition) is 3. The van der Waals surface area contributed by atoms with Crippen molar-refractivity contribution in [1.29, 1.82) is 0 Å². The molecular weight excluding hydrogens is 299 g/mol. The van der Waals surface area contributed by atoms with Gasteiger partial charge in [0.05, 0.1) is 0 Å². The van der Waals surface area contributed by atoms with Gasteiger partial charge >= 0.3 is 0 Å². The summed E-state index contributed by atoms with van der Waals surface area (Å²) in [6, 6.07) is 5.35. The smallest absolute Gasteiger partial charge is 0.240 e. The summed E-state index contributed by atoms with van der Waals surface area (Å²) in [5.41, 5.74) is -0.0921. The molecule has 0 spiro atoms. The summed E-state index contributed by atoms with van der Waals surface area (Å²) in [7, 11) is 0. The standard InChI is InChI=1S/C17H25FN2OS/c1-11-8-9-13(10-14(11)18)22-20-17(3,4)16(21)19-15-7-5-6-12(15)2/h8-10,12,15,20H,5-7H2,1-4H3,(H,19,21). The molecule has 1 aliphatic rings. The van der Waals surface area contributed by atoms with E-state index in [1.807, 2.05) is 19.9 Å². The number of aryl methyl sites for hydroxylation is 1. The van der Waals surface area contributed by atoms with E-state index in [0.717, 1.165) is 11.3 Å². The van der Waals surface area contributed by atoms with Gasteiger partial charge in [-0.25, -0.2) is 9.11 Å². The lowest BCUT2D eigenvalue weighted by atomic mass is 10.0. The topological polar surface area (TPSA) is 41.1 Å². The minimum Gasteiger partial charge on any atom is -0.351 e. The second-order valence-electron chi connectivity index (χ2n) is 6.73. The van der Waals surface area contributed by atoms with Crippen LogP contribution in [0.15, 0.2) is 23.1 Å². The maximum Gasteiger partial charge on any atom is 0.240 e. The normalized spacial score (nSPS) is 21.9. The van der Waals surface area contributed by atoms with E-state index in [4.69, 9.17) is 0 Å². The van der Waals surface area contributed by atoms with Crippen molar-refractivity contribution in [2.75, 3.05) is 0 Å². The molecule has 0 aliphatic heterocycles. The van der Waals surface area contributed by atoms with Crippen molar-refractivity contribution in [3.05, 3.63) is 29.6 Å². The molecule has 1 amide bonds. The molecule has 2 unspecified atom stereocenters. The molecule has 1 aromatic carbocycles. The number of amides is 1. The zero-order valence-corrected chi connectivity index (χ0v) is 14.5. The highest BCUT2D eigenvalue weighted by Gasteiger charge is 2.32. The van der Waals surface area contributed by atoms with Gasteiger partial charge in [-0.05, 0) is 69.2 Å². The predicted molar refractivity (Wildman–Crippen MR) is 89.2 cm³/mol. The molecule has 2 rings (SSSR count). The Balaban J connectivity index is 1.91. The molecule has 1 saturated carbocycles. The summed E-state index contributed by atoms with van der Waals surface area (Å²) in [6.45, 7) is 7.61. The van der Waals surface area contributed by atoms with Gasteiger partial charge in [0.1, 0.15) is 11.4 Å². The van der Waals surface area contributed by atoms with E-state index in [9.17, 15) is 9.18 Å². The summed E-state index contributed by atoms with van der Waals surface area (Å²) >= 11 is 1.29. The van der Waals surface area contributed by atoms with Crippen molar-refractivity contribution >= 4 is 17.9 Å². The quantitative estimate of drug-likeness (QED) is 0.809. The number of carbonyl (C=O) groups excluding carboxylic acids is 1. The predicted octanol–water partition coefficient (Wildman–Crippen LogP) is 3.81. The summed E-state index contributed by atoms with van der Waals surface area (Å²) in [6.07, 6.45) is 3.41. The number of nitrogens with one attached hydrogen (secondary N) is 2. The van der Waals surface area contributed by atoms with Crippen LogP contribution in [-0.4, -0.2) is 17.5 Å². The Hall–Kier alpha value is -1.07. The molecule has 22 heavy (non-hydrogen) atoms. The lowest BCUT2D eigenvalue weighted by Crippen LogP contribution is -2.53. The van der Waals surface area contributed by atoms with Crippen LogP contribution in [0.1, 0.15) is 45.6 Å². The Morgan fingerprint density at radius 1 is 1.36 bits per heavy atom. The Kier molecular flexibility index (Phi) is 5.50. The molecule has 2 atom stereocenters. The van der Waals surface area contributed by atoms with E-state index < -0.39 is 5.54 Å². The Labute approximate surface area is 136 Å². The first-order chi connectivity index (χ1) is 10.3. The average molecular weight is 324 g/mol. The first-order valence-electron chi connectivity index (χ1n) is 7.81. The minimum atomic E-state index is -0.714. The highest BCUT2D eigenvalue weighted by atomic mass is 32.2. The van der Waals surface area contributed by atoms with Gasteiger partial charge in [-0.15, -0.1) is 0 Å². The van der Waals surface area contributed by atoms with Crippen LogP contribution in [0.3, 0.4) is 0 Å². The van der Waals surface area contributed by atoms with Crippen molar-refractivity contribution < 1.29 is 9.18 Å². The van der Waals surface area contributed by atoms with Crippen LogP contribution >= 0.6 is 11.9 Å². The number of benzene rings is 1. The molecule has 0 bridgehead atoms. The van der Waals surface area contributed by atoms with Gasteiger partial charge in [0.25, 0.3) is 0 Å². The molecule has 122 valence electrons. The summed E-state index contributed by atoms with van der Waals surface area (Å²) < 4.78 is 16.7. The van der Waals surface area contributed by atoms with Crippen molar-refractivity contribution in [3.8, 4) is 0 Å². The fourth-order valence-corrected chi connectivity index (χ4v) is 3.34. The van der Waals surface area contributed by atoms with E-state index in [-0.39, 0.29) is 17.8 Å². The fraction of sp³-hybridized carbons (Fsp3) is 0.588. The maximum atomic E-state index is 13.6. The van der Waals surface area contributed by atoms with Gasteiger partial charge in [-0.2, -0.15) is 0 Å². The third kappa shape index (κ3) is 4.23. The molecule has 0 aromatic heterocycles. The lowest BCUT2D eigenvalue weighted by Gasteiger charge is -2.28. The van der Waals surface area contributed by atoms with Gasteiger partial charge in [0, 0.05) is 10.9 Å². The second-order valence-corrected chi connectivity index (χ2v) is 7.61. The first kappa shape index (κ1) is 17.3. The Morgan fingerprint density at radius 3 is 2.68 bits per heavy atom. The van der Waals surface area contributed by atoms with Crippen molar-refractivity contribution in [3.63, 3.8) is 0 Å². The largest absolute Gasteiger partial charge is 0.351 e. The molecular formula is C17H25FN2OS. The second kappa shape index (κ2) is 7.01. The fourth-order valence-electron chi connectivity index (χ4n) is 2.58. The molecule has 5 heteroatoms. The first-order valence-corrected chi connectivity index (χ1v) is 8.62. The van der Waals surface area contributed by atoms with Gasteiger partial charge in [-0.1, -0.05) is 19.4 Å². The van der Waals surface area contributed by atoms with Gasteiger partial charge in [0.2, 0.25) is 5.91 Å².